The van der Waals surface area contributed by atoms with E-state index in [-0.39, 0.29) is 5.56 Å². The fourth-order valence-corrected chi connectivity index (χ4v) is 3.85. The molecule has 0 radical (unpaired) electrons. The molecular weight excluding hydrogens is 248 g/mol. The minimum absolute atomic E-state index is 0.0546. The Morgan fingerprint density at radius 2 is 1.40 bits per heavy atom. The number of nitrogens with one attached hydrogen (secondary N) is 1. The number of hydrogen-bond acceptors (Lipinski definition) is 2. The van der Waals surface area contributed by atoms with E-state index in [2.05, 4.69) is 4.98 Å². The van der Waals surface area contributed by atoms with Crippen molar-refractivity contribution in [3.05, 3.63) is 27.9 Å². The van der Waals surface area contributed by atoms with E-state index in [1.165, 1.54) is 70.6 Å². The topological polar surface area (TPSA) is 45.8 Å². The predicted molar refractivity (Wildman–Crippen MR) is 81.1 cm³/mol. The van der Waals surface area contributed by atoms with Gasteiger partial charge in [0.1, 0.15) is 5.82 Å². The van der Waals surface area contributed by atoms with E-state index in [4.69, 9.17) is 4.98 Å². The van der Waals surface area contributed by atoms with Crippen molar-refractivity contribution >= 4 is 0 Å². The molecule has 3 heteroatoms. The van der Waals surface area contributed by atoms with E-state index in [9.17, 15) is 4.79 Å². The summed E-state index contributed by atoms with van der Waals surface area (Å²) in [6.45, 7) is 0. The van der Waals surface area contributed by atoms with E-state index in [0.717, 1.165) is 11.5 Å². The minimum Gasteiger partial charge on any atom is -0.310 e. The highest BCUT2D eigenvalue weighted by atomic mass is 16.1. The van der Waals surface area contributed by atoms with Crippen LogP contribution in [0.25, 0.3) is 0 Å². The van der Waals surface area contributed by atoms with Gasteiger partial charge in [-0.2, -0.15) is 0 Å². The van der Waals surface area contributed by atoms with Crippen molar-refractivity contribution in [1.82, 2.24) is 9.97 Å². The fourth-order valence-electron chi connectivity index (χ4n) is 3.85. The summed E-state index contributed by atoms with van der Waals surface area (Å²) >= 11 is 0. The normalized spacial score (nSPS) is 22.6. The Hall–Kier alpha value is -1.12. The molecule has 0 aromatic carbocycles. The summed E-state index contributed by atoms with van der Waals surface area (Å²) < 4.78 is 0. The van der Waals surface area contributed by atoms with Gasteiger partial charge >= 0.3 is 0 Å². The maximum Gasteiger partial charge on any atom is 0.251 e. The quantitative estimate of drug-likeness (QED) is 0.876. The zero-order valence-corrected chi connectivity index (χ0v) is 12.4. The number of hydrogen-bond donors (Lipinski definition) is 1. The summed E-state index contributed by atoms with van der Waals surface area (Å²) in [6, 6.07) is 1.74. The van der Waals surface area contributed by atoms with E-state index >= 15 is 0 Å². The summed E-state index contributed by atoms with van der Waals surface area (Å²) in [5.41, 5.74) is 1.11. The number of aromatic amines is 1. The van der Waals surface area contributed by atoms with Crippen molar-refractivity contribution in [3.63, 3.8) is 0 Å². The van der Waals surface area contributed by atoms with Crippen molar-refractivity contribution in [3.8, 4) is 0 Å². The van der Waals surface area contributed by atoms with Crippen molar-refractivity contribution in [2.75, 3.05) is 0 Å². The molecule has 0 amide bonds. The highest BCUT2D eigenvalue weighted by Crippen LogP contribution is 2.34. The Kier molecular flexibility index (Phi) is 4.54. The Labute approximate surface area is 121 Å². The fraction of sp³-hybridized carbons (Fsp3) is 0.765. The minimum atomic E-state index is 0.0546. The molecule has 2 aliphatic rings. The van der Waals surface area contributed by atoms with Crippen LogP contribution in [0.3, 0.4) is 0 Å². The maximum atomic E-state index is 12.0. The van der Waals surface area contributed by atoms with Gasteiger partial charge < -0.3 is 4.98 Å². The highest BCUT2D eigenvalue weighted by molar-refractivity contribution is 5.12. The monoisotopic (exact) mass is 274 g/mol. The molecular formula is C17H26N2O. The molecule has 1 aromatic heterocycles. The first-order valence-electron chi connectivity index (χ1n) is 8.44. The summed E-state index contributed by atoms with van der Waals surface area (Å²) in [7, 11) is 0. The third-order valence-corrected chi connectivity index (χ3v) is 5.05. The Balaban J connectivity index is 1.82. The van der Waals surface area contributed by atoms with Crippen molar-refractivity contribution in [1.29, 1.82) is 0 Å². The number of rotatable bonds is 2. The molecule has 1 aromatic rings. The van der Waals surface area contributed by atoms with Gasteiger partial charge in [-0.15, -0.1) is 0 Å². The first-order valence-corrected chi connectivity index (χ1v) is 8.44. The first-order chi connectivity index (χ1) is 9.83. The molecule has 0 unspecified atom stereocenters. The SMILES string of the molecule is O=c1cc(C2CCCC2)nc(C2CCCCCCC2)[nH]1. The molecule has 3 rings (SSSR count). The summed E-state index contributed by atoms with van der Waals surface area (Å²) in [5, 5.41) is 0. The van der Waals surface area contributed by atoms with Gasteiger partial charge in [-0.05, 0) is 25.7 Å². The first kappa shape index (κ1) is 13.8. The van der Waals surface area contributed by atoms with Crippen LogP contribution in [0, 0.1) is 0 Å². The van der Waals surface area contributed by atoms with E-state index in [1.807, 2.05) is 0 Å². The second-order valence-electron chi connectivity index (χ2n) is 6.58. The molecule has 2 saturated carbocycles. The van der Waals surface area contributed by atoms with Crippen molar-refractivity contribution in [2.45, 2.75) is 82.5 Å². The Morgan fingerprint density at radius 1 is 0.850 bits per heavy atom. The van der Waals surface area contributed by atoms with Crippen LogP contribution >= 0.6 is 0 Å². The lowest BCUT2D eigenvalue weighted by Gasteiger charge is -2.20. The van der Waals surface area contributed by atoms with E-state index < -0.39 is 0 Å². The van der Waals surface area contributed by atoms with E-state index in [1.54, 1.807) is 6.07 Å². The van der Waals surface area contributed by atoms with E-state index in [0.29, 0.717) is 11.8 Å². The van der Waals surface area contributed by atoms with Crippen LogP contribution in [0.2, 0.25) is 0 Å². The second kappa shape index (κ2) is 6.55. The summed E-state index contributed by atoms with van der Waals surface area (Å²) in [6.07, 6.45) is 14.0. The lowest BCUT2D eigenvalue weighted by atomic mass is 9.90. The molecule has 0 atom stereocenters. The second-order valence-corrected chi connectivity index (χ2v) is 6.58. The van der Waals surface area contributed by atoms with Gasteiger partial charge in [0.05, 0.1) is 5.69 Å². The van der Waals surface area contributed by atoms with Gasteiger partial charge in [-0.1, -0.05) is 44.9 Å². The zero-order chi connectivity index (χ0) is 13.8. The smallest absolute Gasteiger partial charge is 0.251 e. The maximum absolute atomic E-state index is 12.0. The van der Waals surface area contributed by atoms with Crippen LogP contribution in [-0.4, -0.2) is 9.97 Å². The zero-order valence-electron chi connectivity index (χ0n) is 12.4. The molecule has 0 aliphatic heterocycles. The van der Waals surface area contributed by atoms with Gasteiger partial charge in [-0.25, -0.2) is 4.98 Å². The van der Waals surface area contributed by atoms with Crippen LogP contribution in [0.1, 0.15) is 94.0 Å². The third kappa shape index (κ3) is 3.31. The van der Waals surface area contributed by atoms with Gasteiger partial charge in [0.15, 0.2) is 0 Å². The molecule has 110 valence electrons. The highest BCUT2D eigenvalue weighted by Gasteiger charge is 2.22. The lowest BCUT2D eigenvalue weighted by Crippen LogP contribution is -2.17. The van der Waals surface area contributed by atoms with Gasteiger partial charge in [0.2, 0.25) is 0 Å². The van der Waals surface area contributed by atoms with Crippen LogP contribution < -0.4 is 5.56 Å². The summed E-state index contributed by atoms with van der Waals surface area (Å²) in [5.74, 6) is 1.98. The van der Waals surface area contributed by atoms with Gasteiger partial charge in [0.25, 0.3) is 5.56 Å². The number of H-pyrrole nitrogens is 1. The molecule has 2 fully saturated rings. The molecule has 20 heavy (non-hydrogen) atoms. The third-order valence-electron chi connectivity index (χ3n) is 5.05. The average Bonchev–Trinajstić information content (AvgIpc) is 2.91. The van der Waals surface area contributed by atoms with Crippen LogP contribution in [0.5, 0.6) is 0 Å². The molecule has 2 aliphatic carbocycles. The van der Waals surface area contributed by atoms with Gasteiger partial charge in [0, 0.05) is 17.9 Å². The standard InChI is InChI=1S/C17H26N2O/c20-16-12-15(13-8-6-7-9-13)18-17(19-16)14-10-4-2-1-3-5-11-14/h12-14H,1-11H2,(H,18,19,20). The lowest BCUT2D eigenvalue weighted by molar-refractivity contribution is 0.439. The van der Waals surface area contributed by atoms with Crippen molar-refractivity contribution < 1.29 is 0 Å². The number of nitrogens with zero attached hydrogens (tertiary/aromatic N) is 1. The molecule has 0 spiro atoms. The largest absolute Gasteiger partial charge is 0.310 e. The Morgan fingerprint density at radius 3 is 2.10 bits per heavy atom. The van der Waals surface area contributed by atoms with Crippen molar-refractivity contribution in [2.24, 2.45) is 0 Å². The number of aromatic nitrogens is 2. The molecule has 0 saturated heterocycles. The van der Waals surface area contributed by atoms with Crippen LogP contribution in [-0.2, 0) is 0 Å². The molecule has 3 nitrogen and oxygen atoms in total. The molecule has 1 N–H and O–H groups in total. The average molecular weight is 274 g/mol. The summed E-state index contributed by atoms with van der Waals surface area (Å²) in [4.78, 5) is 19.8. The van der Waals surface area contributed by atoms with Crippen LogP contribution in [0.15, 0.2) is 10.9 Å². The predicted octanol–water partition coefficient (Wildman–Crippen LogP) is 4.26. The van der Waals surface area contributed by atoms with Crippen LogP contribution in [0.4, 0.5) is 0 Å². The molecule has 0 bridgehead atoms. The van der Waals surface area contributed by atoms with Gasteiger partial charge in [-0.3, -0.25) is 4.79 Å². The Bertz CT molecular complexity index is 480. The molecule has 1 heterocycles.